The summed E-state index contributed by atoms with van der Waals surface area (Å²) in [7, 11) is 0. The van der Waals surface area contributed by atoms with Gasteiger partial charge in [0.25, 0.3) is 0 Å². The summed E-state index contributed by atoms with van der Waals surface area (Å²) in [5.74, 6) is -2.25. The lowest BCUT2D eigenvalue weighted by molar-refractivity contribution is -0.159. The van der Waals surface area contributed by atoms with Crippen LogP contribution in [0.4, 0.5) is 18.9 Å². The van der Waals surface area contributed by atoms with E-state index in [1.807, 2.05) is 0 Å². The van der Waals surface area contributed by atoms with Crippen LogP contribution >= 0.6 is 11.6 Å². The van der Waals surface area contributed by atoms with Gasteiger partial charge in [-0.15, -0.1) is 0 Å². The summed E-state index contributed by atoms with van der Waals surface area (Å²) in [5.41, 5.74) is 3.34. The van der Waals surface area contributed by atoms with E-state index in [0.29, 0.717) is 21.8 Å². The van der Waals surface area contributed by atoms with E-state index < -0.39 is 31.0 Å². The molecule has 0 aromatic heterocycles. The van der Waals surface area contributed by atoms with Gasteiger partial charge in [0, 0.05) is 10.7 Å². The van der Waals surface area contributed by atoms with Gasteiger partial charge in [-0.2, -0.15) is 13.2 Å². The number of anilines is 1. The Balaban J connectivity index is 2.53. The average molecular weight is 339 g/mol. The molecule has 1 rings (SSSR count). The number of hydroxylamine groups is 1. The third-order valence-corrected chi connectivity index (χ3v) is 2.81. The molecular weight excluding hydrogens is 325 g/mol. The minimum Gasteiger partial charge on any atom is -0.317 e. The Morgan fingerprint density at radius 1 is 1.18 bits per heavy atom. The van der Waals surface area contributed by atoms with Crippen LogP contribution < -0.4 is 10.8 Å². The van der Waals surface area contributed by atoms with Crippen LogP contribution in [0.1, 0.15) is 17.5 Å². The molecule has 9 heteroatoms. The number of benzene rings is 1. The lowest BCUT2D eigenvalue weighted by Crippen LogP contribution is -2.36. The Hall–Kier alpha value is -1.80. The monoisotopic (exact) mass is 338 g/mol. The van der Waals surface area contributed by atoms with Crippen molar-refractivity contribution in [1.82, 2.24) is 5.48 Å². The highest BCUT2D eigenvalue weighted by Crippen LogP contribution is 2.24. The maximum absolute atomic E-state index is 11.9. The summed E-state index contributed by atoms with van der Waals surface area (Å²) in [4.78, 5) is 27.3. The summed E-state index contributed by atoms with van der Waals surface area (Å²) in [6.07, 6.45) is -5.63. The third kappa shape index (κ3) is 5.90. The molecule has 122 valence electrons. The molecule has 0 atom stereocenters. The number of carbonyl (C=O) groups excluding carboxylic acids is 2. The Kier molecular flexibility index (Phi) is 6.19. The van der Waals surface area contributed by atoms with E-state index in [2.05, 4.69) is 10.2 Å². The predicted molar refractivity (Wildman–Crippen MR) is 74.3 cm³/mol. The van der Waals surface area contributed by atoms with Crippen LogP contribution in [0.15, 0.2) is 12.1 Å². The quantitative estimate of drug-likeness (QED) is 0.504. The highest BCUT2D eigenvalue weighted by atomic mass is 35.5. The molecule has 2 N–H and O–H groups in total. The molecule has 0 aliphatic carbocycles. The van der Waals surface area contributed by atoms with Gasteiger partial charge < -0.3 is 5.32 Å². The first-order chi connectivity index (χ1) is 10.1. The van der Waals surface area contributed by atoms with Crippen LogP contribution in [0.2, 0.25) is 5.02 Å². The molecule has 0 saturated carbocycles. The third-order valence-electron chi connectivity index (χ3n) is 2.59. The van der Waals surface area contributed by atoms with Crippen molar-refractivity contribution in [2.45, 2.75) is 26.4 Å². The van der Waals surface area contributed by atoms with E-state index in [9.17, 15) is 22.8 Å². The minimum absolute atomic E-state index is 0.403. The molecule has 0 fully saturated rings. The average Bonchev–Trinajstić information content (AvgIpc) is 2.37. The molecular formula is C13H14ClF3N2O3. The SMILES string of the molecule is Cc1cc(Cl)cc(C)c1NC(=O)C(=O)NOCCC(F)(F)F. The van der Waals surface area contributed by atoms with E-state index in [4.69, 9.17) is 11.6 Å². The van der Waals surface area contributed by atoms with E-state index in [0.717, 1.165) is 0 Å². The van der Waals surface area contributed by atoms with Gasteiger partial charge in [-0.25, -0.2) is 5.48 Å². The first-order valence-electron chi connectivity index (χ1n) is 6.17. The molecule has 1 aromatic rings. The van der Waals surface area contributed by atoms with Crippen molar-refractivity contribution in [3.8, 4) is 0 Å². The zero-order valence-corrected chi connectivity index (χ0v) is 12.6. The summed E-state index contributed by atoms with van der Waals surface area (Å²) in [5, 5.41) is 2.83. The predicted octanol–water partition coefficient (Wildman–Crippen LogP) is 2.90. The largest absolute Gasteiger partial charge is 0.391 e. The smallest absolute Gasteiger partial charge is 0.317 e. The number of halogens is 4. The van der Waals surface area contributed by atoms with Gasteiger partial charge >= 0.3 is 18.0 Å². The number of carbonyl (C=O) groups is 2. The molecule has 0 unspecified atom stereocenters. The summed E-state index contributed by atoms with van der Waals surface area (Å²) in [6, 6.07) is 3.20. The van der Waals surface area contributed by atoms with E-state index in [1.54, 1.807) is 31.5 Å². The second-order valence-electron chi connectivity index (χ2n) is 4.51. The minimum atomic E-state index is -4.40. The number of alkyl halides is 3. The Bertz CT molecular complexity index is 553. The van der Waals surface area contributed by atoms with Crippen LogP contribution in [-0.4, -0.2) is 24.6 Å². The van der Waals surface area contributed by atoms with Crippen LogP contribution in [0.25, 0.3) is 0 Å². The van der Waals surface area contributed by atoms with Crippen molar-refractivity contribution in [3.05, 3.63) is 28.3 Å². The number of aryl methyl sites for hydroxylation is 2. The summed E-state index contributed by atoms with van der Waals surface area (Å²) < 4.78 is 35.6. The fourth-order valence-electron chi connectivity index (χ4n) is 1.61. The fourth-order valence-corrected chi connectivity index (χ4v) is 1.94. The van der Waals surface area contributed by atoms with Crippen LogP contribution in [-0.2, 0) is 14.4 Å². The number of hydrogen-bond donors (Lipinski definition) is 2. The Morgan fingerprint density at radius 2 is 1.73 bits per heavy atom. The lowest BCUT2D eigenvalue weighted by Gasteiger charge is -2.12. The van der Waals surface area contributed by atoms with Gasteiger partial charge in [0.2, 0.25) is 0 Å². The molecule has 1 aromatic carbocycles. The van der Waals surface area contributed by atoms with Gasteiger partial charge in [0.05, 0.1) is 13.0 Å². The van der Waals surface area contributed by atoms with Crippen molar-refractivity contribution < 1.29 is 27.6 Å². The highest BCUT2D eigenvalue weighted by molar-refractivity contribution is 6.39. The zero-order chi connectivity index (χ0) is 16.9. The van der Waals surface area contributed by atoms with Crippen molar-refractivity contribution in [3.63, 3.8) is 0 Å². The molecule has 22 heavy (non-hydrogen) atoms. The van der Waals surface area contributed by atoms with Crippen molar-refractivity contribution in [1.29, 1.82) is 0 Å². The Morgan fingerprint density at radius 3 is 2.23 bits per heavy atom. The van der Waals surface area contributed by atoms with Crippen molar-refractivity contribution in [2.75, 3.05) is 11.9 Å². The molecule has 2 amide bonds. The van der Waals surface area contributed by atoms with Crippen LogP contribution in [0.5, 0.6) is 0 Å². The van der Waals surface area contributed by atoms with Gasteiger partial charge in [-0.05, 0) is 37.1 Å². The van der Waals surface area contributed by atoms with Gasteiger partial charge in [0.1, 0.15) is 0 Å². The highest BCUT2D eigenvalue weighted by Gasteiger charge is 2.27. The summed E-state index contributed by atoms with van der Waals surface area (Å²) in [6.45, 7) is 2.60. The van der Waals surface area contributed by atoms with Gasteiger partial charge in [-0.3, -0.25) is 14.4 Å². The molecule has 5 nitrogen and oxygen atoms in total. The van der Waals surface area contributed by atoms with Crippen LogP contribution in [0, 0.1) is 13.8 Å². The van der Waals surface area contributed by atoms with Gasteiger partial charge in [0.15, 0.2) is 0 Å². The van der Waals surface area contributed by atoms with Crippen molar-refractivity contribution >= 4 is 29.1 Å². The van der Waals surface area contributed by atoms with Crippen LogP contribution in [0.3, 0.4) is 0 Å². The fraction of sp³-hybridized carbons (Fsp3) is 0.385. The van der Waals surface area contributed by atoms with Crippen molar-refractivity contribution in [2.24, 2.45) is 0 Å². The molecule has 0 aliphatic rings. The lowest BCUT2D eigenvalue weighted by atomic mass is 10.1. The number of amides is 2. The topological polar surface area (TPSA) is 67.4 Å². The molecule has 0 radical (unpaired) electrons. The standard InChI is InChI=1S/C13H14ClF3N2O3/c1-7-5-9(14)6-8(2)10(7)18-11(20)12(21)19-22-4-3-13(15,16)17/h5-6H,3-4H2,1-2H3,(H,18,20)(H,19,21). The normalized spacial score (nSPS) is 11.2. The maximum Gasteiger partial charge on any atom is 0.391 e. The van der Waals surface area contributed by atoms with E-state index >= 15 is 0 Å². The molecule has 0 bridgehead atoms. The second-order valence-corrected chi connectivity index (χ2v) is 4.95. The number of nitrogens with one attached hydrogen (secondary N) is 2. The van der Waals surface area contributed by atoms with Gasteiger partial charge in [-0.1, -0.05) is 11.6 Å². The maximum atomic E-state index is 11.9. The number of rotatable bonds is 4. The first kappa shape index (κ1) is 18.2. The summed E-state index contributed by atoms with van der Waals surface area (Å²) >= 11 is 5.84. The number of hydrogen-bond acceptors (Lipinski definition) is 3. The second kappa shape index (κ2) is 7.46. The van der Waals surface area contributed by atoms with E-state index in [-0.39, 0.29) is 0 Å². The first-order valence-corrected chi connectivity index (χ1v) is 6.54. The molecule has 0 saturated heterocycles. The van der Waals surface area contributed by atoms with E-state index in [1.165, 1.54) is 0 Å². The molecule has 0 aliphatic heterocycles. The zero-order valence-electron chi connectivity index (χ0n) is 11.8. The Labute approximate surface area is 129 Å². The molecule has 0 heterocycles. The molecule has 0 spiro atoms.